The van der Waals surface area contributed by atoms with E-state index in [0.717, 1.165) is 12.3 Å². The lowest BCUT2D eigenvalue weighted by Crippen LogP contribution is -2.30. The summed E-state index contributed by atoms with van der Waals surface area (Å²) in [6.07, 6.45) is 6.21. The minimum absolute atomic E-state index is 0.206. The number of rotatable bonds is 5. The molecule has 1 aliphatic carbocycles. The van der Waals surface area contributed by atoms with Crippen molar-refractivity contribution in [3.05, 3.63) is 29.8 Å². The number of anilines is 1. The van der Waals surface area contributed by atoms with E-state index in [2.05, 4.69) is 10.6 Å². The van der Waals surface area contributed by atoms with Crippen LogP contribution in [0.1, 0.15) is 42.5 Å². The van der Waals surface area contributed by atoms with Gasteiger partial charge >= 0.3 is 12.0 Å². The number of carbonyl (C=O) groups excluding carboxylic acids is 1. The van der Waals surface area contributed by atoms with Gasteiger partial charge in [0.1, 0.15) is 0 Å². The zero-order valence-corrected chi connectivity index (χ0v) is 11.4. The molecule has 2 amide bonds. The van der Waals surface area contributed by atoms with Crippen LogP contribution in [0.25, 0.3) is 0 Å². The molecule has 0 aromatic heterocycles. The molecule has 1 aromatic carbocycles. The SMILES string of the molecule is O=C(NCCC1CCCC1)Nc1ccc(C(=O)O)cc1. The van der Waals surface area contributed by atoms with Crippen molar-refractivity contribution in [2.45, 2.75) is 32.1 Å². The molecule has 5 nitrogen and oxygen atoms in total. The molecule has 5 heteroatoms. The molecule has 0 heterocycles. The molecule has 3 N–H and O–H groups in total. The summed E-state index contributed by atoms with van der Waals surface area (Å²) in [4.78, 5) is 22.4. The summed E-state index contributed by atoms with van der Waals surface area (Å²) in [5.41, 5.74) is 0.797. The highest BCUT2D eigenvalue weighted by molar-refractivity contribution is 5.91. The molecule has 0 bridgehead atoms. The van der Waals surface area contributed by atoms with Crippen molar-refractivity contribution in [1.82, 2.24) is 5.32 Å². The molecular formula is C15H20N2O3. The first-order valence-corrected chi connectivity index (χ1v) is 7.03. The average molecular weight is 276 g/mol. The van der Waals surface area contributed by atoms with Crippen molar-refractivity contribution in [2.75, 3.05) is 11.9 Å². The van der Waals surface area contributed by atoms with Gasteiger partial charge in [0.05, 0.1) is 5.56 Å². The van der Waals surface area contributed by atoms with E-state index in [1.165, 1.54) is 37.8 Å². The van der Waals surface area contributed by atoms with Gasteiger partial charge in [-0.15, -0.1) is 0 Å². The molecular weight excluding hydrogens is 256 g/mol. The van der Waals surface area contributed by atoms with Gasteiger partial charge in [0.15, 0.2) is 0 Å². The average Bonchev–Trinajstić information content (AvgIpc) is 2.92. The summed E-state index contributed by atoms with van der Waals surface area (Å²) >= 11 is 0. The fourth-order valence-corrected chi connectivity index (χ4v) is 2.56. The highest BCUT2D eigenvalue weighted by Gasteiger charge is 2.14. The van der Waals surface area contributed by atoms with E-state index in [9.17, 15) is 9.59 Å². The van der Waals surface area contributed by atoms with Crippen LogP contribution in [0.5, 0.6) is 0 Å². The molecule has 0 atom stereocenters. The van der Waals surface area contributed by atoms with Crippen LogP contribution in [0, 0.1) is 5.92 Å². The lowest BCUT2D eigenvalue weighted by Gasteiger charge is -2.11. The van der Waals surface area contributed by atoms with Gasteiger partial charge in [0.25, 0.3) is 0 Å². The maximum atomic E-state index is 11.7. The largest absolute Gasteiger partial charge is 0.478 e. The van der Waals surface area contributed by atoms with Crippen molar-refractivity contribution in [1.29, 1.82) is 0 Å². The first kappa shape index (κ1) is 14.4. The Kier molecular flexibility index (Phi) is 4.98. The molecule has 1 aromatic rings. The predicted octanol–water partition coefficient (Wildman–Crippen LogP) is 3.09. The van der Waals surface area contributed by atoms with Gasteiger partial charge in [0, 0.05) is 12.2 Å². The topological polar surface area (TPSA) is 78.4 Å². The predicted molar refractivity (Wildman–Crippen MR) is 77.0 cm³/mol. The highest BCUT2D eigenvalue weighted by atomic mass is 16.4. The van der Waals surface area contributed by atoms with E-state index in [1.807, 2.05) is 0 Å². The normalized spacial score (nSPS) is 15.0. The number of hydrogen-bond acceptors (Lipinski definition) is 2. The van der Waals surface area contributed by atoms with Gasteiger partial charge in [-0.25, -0.2) is 9.59 Å². The molecule has 0 radical (unpaired) electrons. The van der Waals surface area contributed by atoms with E-state index >= 15 is 0 Å². The van der Waals surface area contributed by atoms with Crippen LogP contribution in [0.15, 0.2) is 24.3 Å². The second-order valence-corrected chi connectivity index (χ2v) is 5.20. The minimum Gasteiger partial charge on any atom is -0.478 e. The van der Waals surface area contributed by atoms with E-state index in [1.54, 1.807) is 12.1 Å². The second kappa shape index (κ2) is 6.93. The Bertz CT molecular complexity index is 465. The number of carboxylic acids is 1. The Labute approximate surface area is 118 Å². The number of hydrogen-bond donors (Lipinski definition) is 3. The number of carboxylic acid groups (broad SMARTS) is 1. The molecule has 0 unspecified atom stereocenters. The lowest BCUT2D eigenvalue weighted by molar-refractivity contribution is 0.0697. The van der Waals surface area contributed by atoms with Crippen LogP contribution in [-0.2, 0) is 0 Å². The van der Waals surface area contributed by atoms with Crippen molar-refractivity contribution >= 4 is 17.7 Å². The monoisotopic (exact) mass is 276 g/mol. The third-order valence-electron chi connectivity index (χ3n) is 3.70. The summed E-state index contributed by atoms with van der Waals surface area (Å²) in [6, 6.07) is 5.86. The third kappa shape index (κ3) is 4.26. The van der Waals surface area contributed by atoms with Crippen molar-refractivity contribution in [2.24, 2.45) is 5.92 Å². The van der Waals surface area contributed by atoms with Crippen LogP contribution in [0.3, 0.4) is 0 Å². The van der Waals surface area contributed by atoms with E-state index in [4.69, 9.17) is 5.11 Å². The van der Waals surface area contributed by atoms with Gasteiger partial charge < -0.3 is 15.7 Å². The molecule has 108 valence electrons. The standard InChI is InChI=1S/C15H20N2O3/c18-14(19)12-5-7-13(8-6-12)17-15(20)16-10-9-11-3-1-2-4-11/h5-8,11H,1-4,9-10H2,(H,18,19)(H2,16,17,20). The summed E-state index contributed by atoms with van der Waals surface area (Å²) in [5.74, 6) is -0.220. The van der Waals surface area contributed by atoms with Gasteiger partial charge in [0.2, 0.25) is 0 Å². The van der Waals surface area contributed by atoms with Crippen LogP contribution in [0.2, 0.25) is 0 Å². The number of nitrogens with one attached hydrogen (secondary N) is 2. The second-order valence-electron chi connectivity index (χ2n) is 5.20. The highest BCUT2D eigenvalue weighted by Crippen LogP contribution is 2.26. The molecule has 1 fully saturated rings. The third-order valence-corrected chi connectivity index (χ3v) is 3.70. The molecule has 1 aliphatic rings. The van der Waals surface area contributed by atoms with Crippen molar-refractivity contribution < 1.29 is 14.7 Å². The molecule has 2 rings (SSSR count). The van der Waals surface area contributed by atoms with Crippen LogP contribution in [-0.4, -0.2) is 23.7 Å². The maximum Gasteiger partial charge on any atom is 0.335 e. The lowest BCUT2D eigenvalue weighted by atomic mass is 10.0. The van der Waals surface area contributed by atoms with Crippen molar-refractivity contribution in [3.63, 3.8) is 0 Å². The van der Waals surface area contributed by atoms with Gasteiger partial charge in [-0.05, 0) is 36.6 Å². The number of urea groups is 1. The molecule has 1 saturated carbocycles. The minimum atomic E-state index is -0.974. The quantitative estimate of drug-likeness (QED) is 0.773. The maximum absolute atomic E-state index is 11.7. The molecule has 20 heavy (non-hydrogen) atoms. The summed E-state index contributed by atoms with van der Waals surface area (Å²) in [7, 11) is 0. The van der Waals surface area contributed by atoms with E-state index in [-0.39, 0.29) is 11.6 Å². The number of amides is 2. The first-order chi connectivity index (χ1) is 9.65. The smallest absolute Gasteiger partial charge is 0.335 e. The Morgan fingerprint density at radius 2 is 1.80 bits per heavy atom. The fourth-order valence-electron chi connectivity index (χ4n) is 2.56. The Hall–Kier alpha value is -2.04. The molecule has 0 aliphatic heterocycles. The number of aromatic carboxylic acids is 1. The van der Waals surface area contributed by atoms with Crippen LogP contribution >= 0.6 is 0 Å². The zero-order chi connectivity index (χ0) is 14.4. The summed E-state index contributed by atoms with van der Waals surface area (Å²) in [5, 5.41) is 14.3. The van der Waals surface area contributed by atoms with Gasteiger partial charge in [-0.2, -0.15) is 0 Å². The summed E-state index contributed by atoms with van der Waals surface area (Å²) in [6.45, 7) is 0.684. The summed E-state index contributed by atoms with van der Waals surface area (Å²) < 4.78 is 0. The van der Waals surface area contributed by atoms with E-state index in [0.29, 0.717) is 12.2 Å². The number of carbonyl (C=O) groups is 2. The Balaban J connectivity index is 1.71. The van der Waals surface area contributed by atoms with Gasteiger partial charge in [-0.1, -0.05) is 25.7 Å². The first-order valence-electron chi connectivity index (χ1n) is 7.03. The molecule has 0 spiro atoms. The van der Waals surface area contributed by atoms with Crippen LogP contribution in [0.4, 0.5) is 10.5 Å². The van der Waals surface area contributed by atoms with E-state index < -0.39 is 5.97 Å². The number of benzene rings is 1. The fraction of sp³-hybridized carbons (Fsp3) is 0.467. The Morgan fingerprint density at radius 3 is 2.40 bits per heavy atom. The van der Waals surface area contributed by atoms with Crippen LogP contribution < -0.4 is 10.6 Å². The molecule has 0 saturated heterocycles. The zero-order valence-electron chi connectivity index (χ0n) is 11.4. The Morgan fingerprint density at radius 1 is 1.15 bits per heavy atom. The van der Waals surface area contributed by atoms with Crippen molar-refractivity contribution in [3.8, 4) is 0 Å². The van der Waals surface area contributed by atoms with Gasteiger partial charge in [-0.3, -0.25) is 0 Å².